The van der Waals surface area contributed by atoms with E-state index in [-0.39, 0.29) is 13.2 Å². The first-order chi connectivity index (χ1) is 13.2. The first-order valence-corrected chi connectivity index (χ1v) is 9.29. The van der Waals surface area contributed by atoms with Crippen LogP contribution in [0.3, 0.4) is 0 Å². The van der Waals surface area contributed by atoms with E-state index in [2.05, 4.69) is 18.5 Å². The molecule has 0 aliphatic heterocycles. The molecule has 0 aliphatic carbocycles. The van der Waals surface area contributed by atoms with Crippen LogP contribution in [0.5, 0.6) is 5.75 Å². The summed E-state index contributed by atoms with van der Waals surface area (Å²) in [7, 11) is 0. The van der Waals surface area contributed by atoms with E-state index < -0.39 is 11.6 Å². The molecule has 1 N–H and O–H groups in total. The molecule has 28 heavy (non-hydrogen) atoms. The van der Waals surface area contributed by atoms with Crippen molar-refractivity contribution in [2.75, 3.05) is 13.2 Å². The second-order valence-corrected chi connectivity index (χ2v) is 7.40. The van der Waals surface area contributed by atoms with Crippen molar-refractivity contribution in [3.05, 3.63) is 78.4 Å². The lowest BCUT2D eigenvalue weighted by molar-refractivity contribution is 0.117. The highest BCUT2D eigenvalue weighted by molar-refractivity contribution is 5.69. The van der Waals surface area contributed by atoms with Crippen LogP contribution in [0.25, 0.3) is 11.1 Å². The van der Waals surface area contributed by atoms with Gasteiger partial charge in [-0.2, -0.15) is 0 Å². The average molecular weight is 380 g/mol. The molecular weight excluding hydrogens is 350 g/mol. The van der Waals surface area contributed by atoms with Gasteiger partial charge in [-0.05, 0) is 56.5 Å². The molecule has 0 heterocycles. The average Bonchev–Trinajstić information content (AvgIpc) is 2.65. The summed E-state index contributed by atoms with van der Waals surface area (Å²) >= 11 is 0. The fourth-order valence-electron chi connectivity index (χ4n) is 2.68. The highest BCUT2D eigenvalue weighted by Gasteiger charge is 2.23. The minimum atomic E-state index is -0.554. The maximum atomic E-state index is 12.1. The van der Waals surface area contributed by atoms with Gasteiger partial charge < -0.3 is 14.8 Å². The van der Waals surface area contributed by atoms with Gasteiger partial charge in [0.25, 0.3) is 0 Å². The maximum Gasteiger partial charge on any atom is 0.407 e. The summed E-state index contributed by atoms with van der Waals surface area (Å²) in [6.07, 6.45) is -0.478. The Balaban J connectivity index is 1.82. The van der Waals surface area contributed by atoms with Crippen LogP contribution in [0.2, 0.25) is 0 Å². The Morgan fingerprint density at radius 3 is 2.21 bits per heavy atom. The first-order valence-electron chi connectivity index (χ1n) is 9.29. The molecule has 0 saturated carbocycles. The van der Waals surface area contributed by atoms with E-state index in [0.29, 0.717) is 0 Å². The quantitative estimate of drug-likeness (QED) is 0.590. The highest BCUT2D eigenvalue weighted by Crippen LogP contribution is 2.22. The minimum absolute atomic E-state index is 0.161. The molecule has 0 aliphatic rings. The summed E-state index contributed by atoms with van der Waals surface area (Å²) in [6, 6.07) is 15.6. The second kappa shape index (κ2) is 9.27. The summed E-state index contributed by atoms with van der Waals surface area (Å²) in [5.41, 5.74) is 4.51. The van der Waals surface area contributed by atoms with Crippen LogP contribution >= 0.6 is 0 Å². The van der Waals surface area contributed by atoms with E-state index in [1.165, 1.54) is 0 Å². The summed E-state index contributed by atoms with van der Waals surface area (Å²) in [6.45, 7) is 16.1. The van der Waals surface area contributed by atoms with Gasteiger partial charge >= 0.3 is 6.09 Å². The molecule has 0 aromatic heterocycles. The molecule has 0 fully saturated rings. The normalized spacial score (nSPS) is 10.9. The summed E-state index contributed by atoms with van der Waals surface area (Å²) in [5, 5.41) is 2.89. The van der Waals surface area contributed by atoms with Crippen molar-refractivity contribution >= 4 is 17.2 Å². The maximum absolute atomic E-state index is 12.1. The van der Waals surface area contributed by atoms with Crippen molar-refractivity contribution in [2.24, 2.45) is 0 Å². The van der Waals surface area contributed by atoms with E-state index in [1.807, 2.05) is 76.2 Å². The molecule has 1 amide bonds. The number of rotatable bonds is 8. The summed E-state index contributed by atoms with van der Waals surface area (Å²) < 4.78 is 10.9. The first kappa shape index (κ1) is 21.3. The number of allylic oxidation sites excluding steroid dienone is 2. The van der Waals surface area contributed by atoms with E-state index in [4.69, 9.17) is 9.47 Å². The number of carbonyl (C=O) groups is 1. The number of benzene rings is 2. The van der Waals surface area contributed by atoms with Crippen LogP contribution in [-0.4, -0.2) is 19.3 Å². The molecule has 0 radical (unpaired) electrons. The second-order valence-electron chi connectivity index (χ2n) is 7.40. The lowest BCUT2D eigenvalue weighted by Gasteiger charge is -2.26. The van der Waals surface area contributed by atoms with Gasteiger partial charge in [0.15, 0.2) is 0 Å². The number of hydrogen-bond donors (Lipinski definition) is 1. The zero-order valence-corrected chi connectivity index (χ0v) is 17.2. The zero-order valence-electron chi connectivity index (χ0n) is 17.2. The molecule has 0 unspecified atom stereocenters. The Morgan fingerprint density at radius 1 is 0.964 bits per heavy atom. The summed E-state index contributed by atoms with van der Waals surface area (Å²) in [5.74, 6) is 0.724. The Hall–Kier alpha value is -3.01. The number of ether oxygens (including phenoxy) is 2. The largest absolute Gasteiger partial charge is 0.490 e. The number of nitrogens with one attached hydrogen (secondary N) is 1. The molecule has 2 rings (SSSR count). The fraction of sp³-hybridized carbons (Fsp3) is 0.292. The van der Waals surface area contributed by atoms with Gasteiger partial charge in [-0.1, -0.05) is 60.7 Å². The minimum Gasteiger partial charge on any atom is -0.490 e. The standard InChI is InChI=1S/C24H29NO3/c1-17(2)19-10-12-21(13-11-19)24(5,6)25-23(26)28-15-14-27-22-9-7-8-20(16-22)18(3)4/h7-13,16H,1,3,14-15H2,2,4-6H3,(H,25,26). The third-order valence-corrected chi connectivity index (χ3v) is 4.43. The Labute approximate surface area is 167 Å². The van der Waals surface area contributed by atoms with Crippen LogP contribution in [0, 0.1) is 0 Å². The van der Waals surface area contributed by atoms with Gasteiger partial charge in [0.2, 0.25) is 0 Å². The van der Waals surface area contributed by atoms with E-state index >= 15 is 0 Å². The summed E-state index contributed by atoms with van der Waals surface area (Å²) in [4.78, 5) is 12.1. The number of amides is 1. The Kier molecular flexibility index (Phi) is 7.05. The van der Waals surface area contributed by atoms with Gasteiger partial charge in [0.05, 0.1) is 5.54 Å². The Bertz CT molecular complexity index is 850. The van der Waals surface area contributed by atoms with Crippen LogP contribution in [0.4, 0.5) is 4.79 Å². The topological polar surface area (TPSA) is 47.6 Å². The molecule has 148 valence electrons. The predicted molar refractivity (Wildman–Crippen MR) is 115 cm³/mol. The van der Waals surface area contributed by atoms with E-state index in [9.17, 15) is 4.79 Å². The number of carbonyl (C=O) groups excluding carboxylic acids is 1. The zero-order chi connectivity index (χ0) is 20.7. The highest BCUT2D eigenvalue weighted by atomic mass is 16.6. The van der Waals surface area contributed by atoms with Gasteiger partial charge in [0.1, 0.15) is 19.0 Å². The SMILES string of the molecule is C=C(C)c1ccc(C(C)(C)NC(=O)OCCOc2cccc(C(=C)C)c2)cc1. The van der Waals surface area contributed by atoms with Gasteiger partial charge in [0, 0.05) is 0 Å². The van der Waals surface area contributed by atoms with Crippen LogP contribution in [-0.2, 0) is 10.3 Å². The Morgan fingerprint density at radius 2 is 1.61 bits per heavy atom. The molecule has 4 nitrogen and oxygen atoms in total. The van der Waals surface area contributed by atoms with Crippen molar-refractivity contribution in [1.82, 2.24) is 5.32 Å². The van der Waals surface area contributed by atoms with E-state index in [0.717, 1.165) is 33.6 Å². The molecule has 0 saturated heterocycles. The lowest BCUT2D eigenvalue weighted by Crippen LogP contribution is -2.41. The molecule has 0 spiro atoms. The number of hydrogen-bond acceptors (Lipinski definition) is 3. The lowest BCUT2D eigenvalue weighted by atomic mass is 9.93. The molecule has 4 heteroatoms. The van der Waals surface area contributed by atoms with Crippen molar-refractivity contribution in [2.45, 2.75) is 33.2 Å². The van der Waals surface area contributed by atoms with Gasteiger partial charge in [-0.25, -0.2) is 4.79 Å². The van der Waals surface area contributed by atoms with Crippen molar-refractivity contribution in [3.63, 3.8) is 0 Å². The molecule has 0 bridgehead atoms. The molecule has 0 atom stereocenters. The molecule has 2 aromatic carbocycles. The smallest absolute Gasteiger partial charge is 0.407 e. The van der Waals surface area contributed by atoms with Gasteiger partial charge in [-0.3, -0.25) is 0 Å². The van der Waals surface area contributed by atoms with Crippen LogP contribution < -0.4 is 10.1 Å². The van der Waals surface area contributed by atoms with Crippen LogP contribution in [0.1, 0.15) is 44.4 Å². The third-order valence-electron chi connectivity index (χ3n) is 4.43. The van der Waals surface area contributed by atoms with Crippen molar-refractivity contribution in [1.29, 1.82) is 0 Å². The van der Waals surface area contributed by atoms with Crippen molar-refractivity contribution < 1.29 is 14.3 Å². The third kappa shape index (κ3) is 6.02. The number of alkyl carbamates (subject to hydrolysis) is 1. The van der Waals surface area contributed by atoms with Crippen molar-refractivity contribution in [3.8, 4) is 5.75 Å². The fourth-order valence-corrected chi connectivity index (χ4v) is 2.68. The van der Waals surface area contributed by atoms with E-state index in [1.54, 1.807) is 0 Å². The molecular formula is C24H29NO3. The monoisotopic (exact) mass is 379 g/mol. The molecule has 2 aromatic rings. The predicted octanol–water partition coefficient (Wildman–Crippen LogP) is 5.79. The van der Waals surface area contributed by atoms with Crippen LogP contribution in [0.15, 0.2) is 61.7 Å². The van der Waals surface area contributed by atoms with Gasteiger partial charge in [-0.15, -0.1) is 0 Å².